The lowest BCUT2D eigenvalue weighted by atomic mass is 10.1. The summed E-state index contributed by atoms with van der Waals surface area (Å²) in [4.78, 5) is 20.9. The van der Waals surface area contributed by atoms with Crippen molar-refractivity contribution >= 4 is 12.0 Å². The van der Waals surface area contributed by atoms with Gasteiger partial charge in [-0.15, -0.1) is 0 Å². The van der Waals surface area contributed by atoms with Gasteiger partial charge in [0.05, 0.1) is 11.5 Å². The van der Waals surface area contributed by atoms with E-state index in [0.29, 0.717) is 19.4 Å². The Morgan fingerprint density at radius 3 is 2.25 bits per heavy atom. The molecule has 148 valence electrons. The van der Waals surface area contributed by atoms with Gasteiger partial charge in [0, 0.05) is 18.6 Å². The second-order valence-electron chi connectivity index (χ2n) is 7.37. The van der Waals surface area contributed by atoms with E-state index in [1.165, 1.54) is 24.8 Å². The first-order chi connectivity index (χ1) is 13.7. The van der Waals surface area contributed by atoms with E-state index < -0.39 is 0 Å². The smallest absolute Gasteiger partial charge is 0.269 e. The minimum Gasteiger partial charge on any atom is -0.494 e. The first-order valence-electron chi connectivity index (χ1n) is 10.2. The van der Waals surface area contributed by atoms with Crippen molar-refractivity contribution in [3.05, 3.63) is 57.6 Å². The van der Waals surface area contributed by atoms with Gasteiger partial charge in [-0.25, -0.2) is 0 Å². The van der Waals surface area contributed by atoms with E-state index in [4.69, 9.17) is 4.74 Å². The molecule has 0 aliphatic heterocycles. The molecule has 2 aromatic rings. The maximum atomic E-state index is 11.0. The number of nitro groups is 1. The van der Waals surface area contributed by atoms with Gasteiger partial charge in [-0.1, -0.05) is 38.2 Å². The van der Waals surface area contributed by atoms with Crippen LogP contribution in [0.1, 0.15) is 62.5 Å². The van der Waals surface area contributed by atoms with Crippen LogP contribution in [0.15, 0.2) is 36.4 Å². The van der Waals surface area contributed by atoms with E-state index in [1.54, 1.807) is 12.1 Å². The lowest BCUT2D eigenvalue weighted by Gasteiger charge is -2.08. The van der Waals surface area contributed by atoms with Gasteiger partial charge in [0.2, 0.25) is 0 Å². The molecular formula is C23H27NO4. The molecule has 0 unspecified atom stereocenters. The number of hydrogen-bond donors (Lipinski definition) is 0. The van der Waals surface area contributed by atoms with E-state index in [2.05, 4.69) is 12.1 Å². The average Bonchev–Trinajstić information content (AvgIpc) is 3.06. The van der Waals surface area contributed by atoms with E-state index in [-0.39, 0.29) is 10.6 Å². The number of hydrogen-bond acceptors (Lipinski definition) is 4. The number of carbonyl (C=O) groups is 1. The van der Waals surface area contributed by atoms with Crippen LogP contribution in [0.25, 0.3) is 11.1 Å². The van der Waals surface area contributed by atoms with Crippen molar-refractivity contribution in [2.45, 2.75) is 57.8 Å². The van der Waals surface area contributed by atoms with Crippen LogP contribution in [0.4, 0.5) is 5.69 Å². The van der Waals surface area contributed by atoms with Gasteiger partial charge in [0.15, 0.2) is 0 Å². The summed E-state index contributed by atoms with van der Waals surface area (Å²) < 4.78 is 5.90. The van der Waals surface area contributed by atoms with Crippen molar-refractivity contribution in [3.8, 4) is 16.9 Å². The molecule has 0 spiro atoms. The summed E-state index contributed by atoms with van der Waals surface area (Å²) in [6.07, 6.45) is 10.4. The standard InChI is InChI=1S/C23H27NO4/c25-13-7-5-3-1-2-4-6-8-14-28-21-10-12-23-19(17-21)15-18-16-20(24(26)27)9-11-22(18)23/h9-13,16-17H,1-8,14-15H2. The molecule has 0 aromatic heterocycles. The molecule has 0 N–H and O–H groups in total. The zero-order valence-corrected chi connectivity index (χ0v) is 16.2. The summed E-state index contributed by atoms with van der Waals surface area (Å²) >= 11 is 0. The molecule has 28 heavy (non-hydrogen) atoms. The SMILES string of the molecule is O=CCCCCCCCCCOc1ccc2c(c1)Cc1cc([N+](=O)[O-])ccc1-2. The molecule has 0 saturated carbocycles. The number of carbonyl (C=O) groups excluding carboxylic acids is 1. The maximum Gasteiger partial charge on any atom is 0.269 e. The Kier molecular flexibility index (Phi) is 7.18. The van der Waals surface area contributed by atoms with Gasteiger partial charge in [0.1, 0.15) is 12.0 Å². The fourth-order valence-electron chi connectivity index (χ4n) is 3.78. The fraction of sp³-hybridized carbons (Fsp3) is 0.435. The topological polar surface area (TPSA) is 69.4 Å². The molecule has 1 aliphatic rings. The summed E-state index contributed by atoms with van der Waals surface area (Å²) in [5.74, 6) is 0.870. The quantitative estimate of drug-likeness (QED) is 0.170. The first kappa shape index (κ1) is 20.1. The van der Waals surface area contributed by atoms with E-state index in [0.717, 1.165) is 54.4 Å². The Balaban J connectivity index is 1.41. The summed E-state index contributed by atoms with van der Waals surface area (Å²) in [6.45, 7) is 0.711. The van der Waals surface area contributed by atoms with E-state index >= 15 is 0 Å². The van der Waals surface area contributed by atoms with Gasteiger partial charge >= 0.3 is 0 Å². The molecule has 0 saturated heterocycles. The number of aldehydes is 1. The Labute approximate surface area is 165 Å². The molecule has 0 amide bonds. The molecule has 0 bridgehead atoms. The van der Waals surface area contributed by atoms with E-state index in [1.807, 2.05) is 12.1 Å². The highest BCUT2D eigenvalue weighted by molar-refractivity contribution is 5.78. The molecule has 0 radical (unpaired) electrons. The number of unbranched alkanes of at least 4 members (excludes halogenated alkanes) is 7. The van der Waals surface area contributed by atoms with Crippen LogP contribution in [0.2, 0.25) is 0 Å². The van der Waals surface area contributed by atoms with Crippen molar-refractivity contribution in [3.63, 3.8) is 0 Å². The summed E-state index contributed by atoms with van der Waals surface area (Å²) in [5, 5.41) is 11.0. The number of rotatable bonds is 12. The number of benzene rings is 2. The van der Waals surface area contributed by atoms with Crippen LogP contribution >= 0.6 is 0 Å². The van der Waals surface area contributed by atoms with Gasteiger partial charge in [0.25, 0.3) is 5.69 Å². The van der Waals surface area contributed by atoms with Crippen molar-refractivity contribution < 1.29 is 14.5 Å². The summed E-state index contributed by atoms with van der Waals surface area (Å²) in [6, 6.07) is 11.2. The van der Waals surface area contributed by atoms with Crippen LogP contribution in [-0.2, 0) is 11.2 Å². The molecule has 1 aliphatic carbocycles. The number of nitro benzene ring substituents is 1. The normalized spacial score (nSPS) is 11.7. The minimum absolute atomic E-state index is 0.145. The Hall–Kier alpha value is -2.69. The van der Waals surface area contributed by atoms with Gasteiger partial charge in [-0.3, -0.25) is 10.1 Å². The highest BCUT2D eigenvalue weighted by Gasteiger charge is 2.21. The summed E-state index contributed by atoms with van der Waals surface area (Å²) in [7, 11) is 0. The highest BCUT2D eigenvalue weighted by Crippen LogP contribution is 2.39. The average molecular weight is 381 g/mol. The highest BCUT2D eigenvalue weighted by atomic mass is 16.6. The predicted octanol–water partition coefficient (Wildman–Crippen LogP) is 5.86. The van der Waals surface area contributed by atoms with Crippen LogP contribution < -0.4 is 4.74 Å². The monoisotopic (exact) mass is 381 g/mol. The molecular weight excluding hydrogens is 354 g/mol. The second kappa shape index (κ2) is 10.0. The van der Waals surface area contributed by atoms with E-state index in [9.17, 15) is 14.9 Å². The van der Waals surface area contributed by atoms with Gasteiger partial charge < -0.3 is 9.53 Å². The Morgan fingerprint density at radius 1 is 0.893 bits per heavy atom. The fourth-order valence-corrected chi connectivity index (χ4v) is 3.78. The lowest BCUT2D eigenvalue weighted by Crippen LogP contribution is -1.98. The molecule has 2 aromatic carbocycles. The number of nitrogens with zero attached hydrogens (tertiary/aromatic N) is 1. The zero-order valence-electron chi connectivity index (χ0n) is 16.2. The number of non-ortho nitro benzene ring substituents is 1. The van der Waals surface area contributed by atoms with Crippen LogP contribution in [0.3, 0.4) is 0 Å². The van der Waals surface area contributed by atoms with Gasteiger partial charge in [-0.2, -0.15) is 0 Å². The molecule has 5 nitrogen and oxygen atoms in total. The zero-order chi connectivity index (χ0) is 19.8. The third-order valence-electron chi connectivity index (χ3n) is 5.28. The molecule has 0 fully saturated rings. The third kappa shape index (κ3) is 5.18. The largest absolute Gasteiger partial charge is 0.494 e. The Bertz CT molecular complexity index is 831. The summed E-state index contributed by atoms with van der Waals surface area (Å²) in [5.41, 5.74) is 4.55. The van der Waals surface area contributed by atoms with Crippen molar-refractivity contribution in [1.82, 2.24) is 0 Å². The van der Waals surface area contributed by atoms with Crippen LogP contribution in [-0.4, -0.2) is 17.8 Å². The first-order valence-corrected chi connectivity index (χ1v) is 10.2. The number of ether oxygens (including phenoxy) is 1. The predicted molar refractivity (Wildman–Crippen MR) is 110 cm³/mol. The molecule has 0 atom stereocenters. The third-order valence-corrected chi connectivity index (χ3v) is 5.28. The molecule has 0 heterocycles. The van der Waals surface area contributed by atoms with Crippen molar-refractivity contribution in [2.75, 3.05) is 6.61 Å². The van der Waals surface area contributed by atoms with Crippen molar-refractivity contribution in [1.29, 1.82) is 0 Å². The van der Waals surface area contributed by atoms with Crippen molar-refractivity contribution in [2.24, 2.45) is 0 Å². The molecule has 5 heteroatoms. The van der Waals surface area contributed by atoms with Gasteiger partial charge in [-0.05, 0) is 59.7 Å². The minimum atomic E-state index is -0.344. The van der Waals surface area contributed by atoms with Crippen LogP contribution in [0, 0.1) is 10.1 Å². The second-order valence-corrected chi connectivity index (χ2v) is 7.37. The Morgan fingerprint density at radius 2 is 1.54 bits per heavy atom. The van der Waals surface area contributed by atoms with Crippen LogP contribution in [0.5, 0.6) is 5.75 Å². The molecule has 3 rings (SSSR count). The number of fused-ring (bicyclic) bond motifs is 3. The maximum absolute atomic E-state index is 11.0. The lowest BCUT2D eigenvalue weighted by molar-refractivity contribution is -0.384.